The third-order valence-electron chi connectivity index (χ3n) is 4.41. The van der Waals surface area contributed by atoms with Gasteiger partial charge >= 0.3 is 0 Å². The van der Waals surface area contributed by atoms with Crippen LogP contribution in [0.15, 0.2) is 53.4 Å². The van der Waals surface area contributed by atoms with Crippen molar-refractivity contribution < 1.29 is 0 Å². The molecule has 0 amide bonds. The summed E-state index contributed by atoms with van der Waals surface area (Å²) in [7, 11) is 0. The molecule has 1 aliphatic rings. The van der Waals surface area contributed by atoms with Gasteiger partial charge in [0.2, 0.25) is 0 Å². The number of rotatable bonds is 5. The lowest BCUT2D eigenvalue weighted by atomic mass is 9.92. The molecule has 0 spiro atoms. The van der Waals surface area contributed by atoms with Crippen LogP contribution in [0.5, 0.6) is 0 Å². The number of hydrogen-bond acceptors (Lipinski definition) is 3. The van der Waals surface area contributed by atoms with Gasteiger partial charge < -0.3 is 10.6 Å². The summed E-state index contributed by atoms with van der Waals surface area (Å²) in [5, 5.41) is 8.23. The van der Waals surface area contributed by atoms with Crippen LogP contribution in [0.25, 0.3) is 0 Å². The second-order valence-corrected chi connectivity index (χ2v) is 7.21. The van der Waals surface area contributed by atoms with Gasteiger partial charge in [0.1, 0.15) is 0 Å². The van der Waals surface area contributed by atoms with Gasteiger partial charge in [-0.15, -0.1) is 11.8 Å². The molecule has 0 aliphatic carbocycles. The molecular weight excluding hydrogens is 324 g/mol. The minimum atomic E-state index is 0.377. The lowest BCUT2D eigenvalue weighted by Gasteiger charge is -2.34. The van der Waals surface area contributed by atoms with Crippen molar-refractivity contribution in [2.75, 3.05) is 12.8 Å². The molecule has 23 heavy (non-hydrogen) atoms. The van der Waals surface area contributed by atoms with Crippen LogP contribution in [0.4, 0.5) is 0 Å². The topological polar surface area (TPSA) is 24.1 Å². The molecule has 1 fully saturated rings. The van der Waals surface area contributed by atoms with Gasteiger partial charge in [-0.2, -0.15) is 0 Å². The molecule has 0 saturated carbocycles. The Hall–Kier alpha value is -1.00. The zero-order valence-corrected chi connectivity index (χ0v) is 15.0. The normalized spacial score (nSPS) is 21.3. The van der Waals surface area contributed by atoms with E-state index in [1.807, 2.05) is 6.07 Å². The highest BCUT2D eigenvalue weighted by Crippen LogP contribution is 2.26. The summed E-state index contributed by atoms with van der Waals surface area (Å²) >= 11 is 7.94. The van der Waals surface area contributed by atoms with Gasteiger partial charge in [-0.05, 0) is 55.0 Å². The average molecular weight is 347 g/mol. The number of halogens is 1. The second kappa shape index (κ2) is 8.20. The molecule has 2 aromatic carbocycles. The van der Waals surface area contributed by atoms with Crippen LogP contribution in [0.3, 0.4) is 0 Å². The molecule has 4 heteroatoms. The molecule has 2 nitrogen and oxygen atoms in total. The third-order valence-corrected chi connectivity index (χ3v) is 5.49. The Morgan fingerprint density at radius 1 is 1.22 bits per heavy atom. The molecular formula is C19H23ClN2S. The summed E-state index contributed by atoms with van der Waals surface area (Å²) in [6.07, 6.45) is 4.52. The molecule has 0 aromatic heterocycles. The van der Waals surface area contributed by atoms with E-state index in [0.29, 0.717) is 12.1 Å². The highest BCUT2D eigenvalue weighted by Gasteiger charge is 2.25. The zero-order chi connectivity index (χ0) is 16.1. The van der Waals surface area contributed by atoms with Gasteiger partial charge in [0, 0.05) is 28.5 Å². The Bertz CT molecular complexity index is 633. The summed E-state index contributed by atoms with van der Waals surface area (Å²) < 4.78 is 0. The van der Waals surface area contributed by atoms with Crippen molar-refractivity contribution in [2.45, 2.75) is 36.4 Å². The first-order chi connectivity index (χ1) is 11.3. The predicted molar refractivity (Wildman–Crippen MR) is 100 cm³/mol. The van der Waals surface area contributed by atoms with E-state index >= 15 is 0 Å². The number of nitrogens with one attached hydrogen (secondary N) is 2. The number of hydrogen-bond donors (Lipinski definition) is 2. The first-order valence-electron chi connectivity index (χ1n) is 8.12. The van der Waals surface area contributed by atoms with Crippen LogP contribution in [-0.2, 0) is 6.54 Å². The van der Waals surface area contributed by atoms with Crippen molar-refractivity contribution in [3.63, 3.8) is 0 Å². The van der Waals surface area contributed by atoms with Crippen LogP contribution in [-0.4, -0.2) is 18.8 Å². The van der Waals surface area contributed by atoms with Gasteiger partial charge in [-0.1, -0.05) is 41.9 Å². The highest BCUT2D eigenvalue weighted by molar-refractivity contribution is 7.98. The minimum absolute atomic E-state index is 0.377. The first-order valence-corrected chi connectivity index (χ1v) is 9.72. The molecule has 0 radical (unpaired) electrons. The maximum Gasteiger partial charge on any atom is 0.0476 e. The van der Waals surface area contributed by atoms with E-state index in [2.05, 4.69) is 59.4 Å². The number of benzene rings is 2. The van der Waals surface area contributed by atoms with Gasteiger partial charge in [-0.3, -0.25) is 0 Å². The molecule has 3 rings (SSSR count). The van der Waals surface area contributed by atoms with E-state index in [1.54, 1.807) is 11.8 Å². The Morgan fingerprint density at radius 3 is 2.83 bits per heavy atom. The van der Waals surface area contributed by atoms with E-state index in [0.717, 1.165) is 18.1 Å². The van der Waals surface area contributed by atoms with Gasteiger partial charge in [-0.25, -0.2) is 0 Å². The first kappa shape index (κ1) is 16.8. The van der Waals surface area contributed by atoms with E-state index < -0.39 is 0 Å². The third kappa shape index (κ3) is 4.30. The fourth-order valence-corrected chi connectivity index (χ4v) is 4.04. The van der Waals surface area contributed by atoms with E-state index in [9.17, 15) is 0 Å². The maximum atomic E-state index is 6.17. The van der Waals surface area contributed by atoms with Crippen LogP contribution >= 0.6 is 23.4 Å². The van der Waals surface area contributed by atoms with Crippen LogP contribution in [0, 0.1) is 0 Å². The second-order valence-electron chi connectivity index (χ2n) is 5.93. The summed E-state index contributed by atoms with van der Waals surface area (Å²) in [5.41, 5.74) is 2.64. The lowest BCUT2D eigenvalue weighted by Crippen LogP contribution is -2.45. The smallest absolute Gasteiger partial charge is 0.0476 e. The summed E-state index contributed by atoms with van der Waals surface area (Å²) in [6, 6.07) is 17.7. The van der Waals surface area contributed by atoms with Crippen molar-refractivity contribution in [1.29, 1.82) is 0 Å². The summed E-state index contributed by atoms with van der Waals surface area (Å²) in [5.74, 6) is 0. The Balaban J connectivity index is 1.72. The van der Waals surface area contributed by atoms with Crippen LogP contribution in [0.1, 0.15) is 30.0 Å². The quantitative estimate of drug-likeness (QED) is 0.771. The molecule has 2 unspecified atom stereocenters. The van der Waals surface area contributed by atoms with Gasteiger partial charge in [0.15, 0.2) is 0 Å². The van der Waals surface area contributed by atoms with Crippen molar-refractivity contribution in [3.05, 3.63) is 64.7 Å². The molecule has 1 saturated heterocycles. The molecule has 122 valence electrons. The van der Waals surface area contributed by atoms with Crippen molar-refractivity contribution in [3.8, 4) is 0 Å². The van der Waals surface area contributed by atoms with Crippen LogP contribution in [0.2, 0.25) is 5.02 Å². The zero-order valence-electron chi connectivity index (χ0n) is 13.4. The fourth-order valence-electron chi connectivity index (χ4n) is 3.25. The van der Waals surface area contributed by atoms with Crippen LogP contribution < -0.4 is 10.6 Å². The van der Waals surface area contributed by atoms with E-state index in [4.69, 9.17) is 11.6 Å². The lowest BCUT2D eigenvalue weighted by molar-refractivity contribution is 0.304. The van der Waals surface area contributed by atoms with Crippen molar-refractivity contribution in [2.24, 2.45) is 0 Å². The SMILES string of the molecule is CSc1ccc(Cl)cc1CNC1CCCNC1c1ccccc1. The fraction of sp³-hybridized carbons (Fsp3) is 0.368. The van der Waals surface area contributed by atoms with E-state index in [-0.39, 0.29) is 0 Å². The minimum Gasteiger partial charge on any atom is -0.309 e. The standard InChI is InChI=1S/C19H23ClN2S/c1-23-18-10-9-16(20)12-15(18)13-22-17-8-5-11-21-19(17)14-6-3-2-4-7-14/h2-4,6-7,9-10,12,17,19,21-22H,5,8,11,13H2,1H3. The van der Waals surface area contributed by atoms with Crippen molar-refractivity contribution >= 4 is 23.4 Å². The monoisotopic (exact) mass is 346 g/mol. The van der Waals surface area contributed by atoms with Gasteiger partial charge in [0.25, 0.3) is 0 Å². The Morgan fingerprint density at radius 2 is 2.04 bits per heavy atom. The number of piperidine rings is 1. The van der Waals surface area contributed by atoms with E-state index in [1.165, 1.54) is 28.9 Å². The largest absolute Gasteiger partial charge is 0.309 e. The predicted octanol–water partition coefficient (Wildman–Crippen LogP) is 4.64. The molecule has 2 atom stereocenters. The number of thioether (sulfide) groups is 1. The van der Waals surface area contributed by atoms with Gasteiger partial charge in [0.05, 0.1) is 0 Å². The molecule has 1 heterocycles. The molecule has 2 N–H and O–H groups in total. The Labute approximate surface area is 148 Å². The molecule has 1 aliphatic heterocycles. The molecule has 2 aromatic rings. The molecule has 0 bridgehead atoms. The average Bonchev–Trinajstić information content (AvgIpc) is 2.61. The maximum absolute atomic E-state index is 6.17. The summed E-state index contributed by atoms with van der Waals surface area (Å²) in [6.45, 7) is 1.94. The van der Waals surface area contributed by atoms with Crippen molar-refractivity contribution in [1.82, 2.24) is 10.6 Å². The Kier molecular flexibility index (Phi) is 6.01. The highest BCUT2D eigenvalue weighted by atomic mass is 35.5. The summed E-state index contributed by atoms with van der Waals surface area (Å²) in [4.78, 5) is 1.29.